The predicted molar refractivity (Wildman–Crippen MR) is 106 cm³/mol. The Hall–Kier alpha value is -2.59. The quantitative estimate of drug-likeness (QED) is 0.707. The molecule has 140 valence electrons. The maximum Gasteiger partial charge on any atom is 0.303 e. The Morgan fingerprint density at radius 3 is 2.22 bits per heavy atom. The van der Waals surface area contributed by atoms with Gasteiger partial charge in [-0.05, 0) is 56.0 Å². The SMILES string of the molecule is O=C(O)CC1CCN(CCC=C2c3ccccc3Oc3ccccc32)CC1. The number of carbonyl (C=O) groups is 1. The molecule has 0 unspecified atom stereocenters. The minimum Gasteiger partial charge on any atom is -0.481 e. The minimum atomic E-state index is -0.671. The van der Waals surface area contributed by atoms with Crippen LogP contribution in [0.1, 0.15) is 36.8 Å². The zero-order valence-electron chi connectivity index (χ0n) is 15.4. The summed E-state index contributed by atoms with van der Waals surface area (Å²) in [5.74, 6) is 1.50. The van der Waals surface area contributed by atoms with E-state index in [1.807, 2.05) is 24.3 Å². The third-order valence-corrected chi connectivity index (χ3v) is 5.54. The van der Waals surface area contributed by atoms with Crippen LogP contribution < -0.4 is 4.74 Å². The van der Waals surface area contributed by atoms with Crippen molar-refractivity contribution < 1.29 is 14.6 Å². The molecule has 0 aliphatic carbocycles. The van der Waals surface area contributed by atoms with Gasteiger partial charge in [-0.3, -0.25) is 4.79 Å². The van der Waals surface area contributed by atoms with Crippen molar-refractivity contribution in [3.05, 3.63) is 65.7 Å². The molecule has 4 nitrogen and oxygen atoms in total. The fourth-order valence-electron chi connectivity index (χ4n) is 4.09. The molecular formula is C23H25NO3. The molecule has 27 heavy (non-hydrogen) atoms. The van der Waals surface area contributed by atoms with E-state index < -0.39 is 5.97 Å². The molecule has 2 aliphatic heterocycles. The van der Waals surface area contributed by atoms with Crippen LogP contribution in [0, 0.1) is 5.92 Å². The van der Waals surface area contributed by atoms with Crippen molar-refractivity contribution in [2.24, 2.45) is 5.92 Å². The van der Waals surface area contributed by atoms with Gasteiger partial charge in [0.2, 0.25) is 0 Å². The highest BCUT2D eigenvalue weighted by Gasteiger charge is 2.22. The summed E-state index contributed by atoms with van der Waals surface area (Å²) in [7, 11) is 0. The van der Waals surface area contributed by atoms with E-state index in [9.17, 15) is 4.79 Å². The number of ether oxygens (including phenoxy) is 1. The number of hydrogen-bond donors (Lipinski definition) is 1. The summed E-state index contributed by atoms with van der Waals surface area (Å²) >= 11 is 0. The van der Waals surface area contributed by atoms with Gasteiger partial charge in [0.1, 0.15) is 11.5 Å². The van der Waals surface area contributed by atoms with Crippen LogP contribution in [-0.4, -0.2) is 35.6 Å². The number of fused-ring (bicyclic) bond motifs is 2. The number of nitrogens with zero attached hydrogens (tertiary/aromatic N) is 1. The summed E-state index contributed by atoms with van der Waals surface area (Å²) in [5.41, 5.74) is 3.54. The lowest BCUT2D eigenvalue weighted by Gasteiger charge is -2.31. The van der Waals surface area contributed by atoms with E-state index in [1.165, 1.54) is 5.57 Å². The zero-order valence-corrected chi connectivity index (χ0v) is 15.4. The maximum absolute atomic E-state index is 10.9. The van der Waals surface area contributed by atoms with E-state index in [-0.39, 0.29) is 0 Å². The van der Waals surface area contributed by atoms with Gasteiger partial charge in [-0.1, -0.05) is 42.5 Å². The van der Waals surface area contributed by atoms with Crippen molar-refractivity contribution in [1.82, 2.24) is 4.90 Å². The fourth-order valence-corrected chi connectivity index (χ4v) is 4.09. The molecule has 2 heterocycles. The van der Waals surface area contributed by atoms with Gasteiger partial charge in [0.25, 0.3) is 0 Å². The van der Waals surface area contributed by atoms with Crippen molar-refractivity contribution in [3.8, 4) is 11.5 Å². The van der Waals surface area contributed by atoms with Gasteiger partial charge in [0, 0.05) is 24.1 Å². The number of rotatable bonds is 5. The van der Waals surface area contributed by atoms with Gasteiger partial charge < -0.3 is 14.7 Å². The van der Waals surface area contributed by atoms with Crippen molar-refractivity contribution in [1.29, 1.82) is 0 Å². The molecule has 2 aliphatic rings. The topological polar surface area (TPSA) is 49.8 Å². The average Bonchev–Trinajstić information content (AvgIpc) is 2.68. The first kappa shape index (κ1) is 17.8. The molecule has 2 aromatic rings. The van der Waals surface area contributed by atoms with Crippen molar-refractivity contribution in [3.63, 3.8) is 0 Å². The van der Waals surface area contributed by atoms with Crippen LogP contribution in [0.25, 0.3) is 5.57 Å². The summed E-state index contributed by atoms with van der Waals surface area (Å²) in [4.78, 5) is 13.3. The summed E-state index contributed by atoms with van der Waals surface area (Å²) in [6.45, 7) is 3.00. The number of aliphatic carboxylic acids is 1. The molecule has 4 heteroatoms. The molecular weight excluding hydrogens is 338 g/mol. The van der Waals surface area contributed by atoms with Gasteiger partial charge in [0.15, 0.2) is 0 Å². The molecule has 0 bridgehead atoms. The smallest absolute Gasteiger partial charge is 0.303 e. The van der Waals surface area contributed by atoms with E-state index in [1.54, 1.807) is 0 Å². The number of para-hydroxylation sites is 2. The van der Waals surface area contributed by atoms with Gasteiger partial charge in [-0.15, -0.1) is 0 Å². The molecule has 1 saturated heterocycles. The standard InChI is InChI=1S/C23H25NO3/c25-23(26)16-17-11-14-24(15-12-17)13-5-8-18-19-6-1-3-9-21(19)27-22-10-4-2-7-20(18)22/h1-4,6-10,17H,5,11-16H2,(H,25,26). The van der Waals surface area contributed by atoms with E-state index in [0.717, 1.165) is 61.5 Å². The molecule has 0 spiro atoms. The second kappa shape index (κ2) is 7.97. The van der Waals surface area contributed by atoms with E-state index >= 15 is 0 Å². The number of hydrogen-bond acceptors (Lipinski definition) is 3. The molecule has 0 atom stereocenters. The van der Waals surface area contributed by atoms with Crippen LogP contribution in [0.5, 0.6) is 11.5 Å². The first-order chi connectivity index (χ1) is 13.2. The highest BCUT2D eigenvalue weighted by atomic mass is 16.5. The Balaban J connectivity index is 1.43. The molecule has 1 fully saturated rings. The van der Waals surface area contributed by atoms with Crippen LogP contribution in [0.15, 0.2) is 54.6 Å². The summed E-state index contributed by atoms with van der Waals surface area (Å²) < 4.78 is 6.05. The summed E-state index contributed by atoms with van der Waals surface area (Å²) in [5, 5.41) is 8.95. The zero-order chi connectivity index (χ0) is 18.6. The average molecular weight is 363 g/mol. The molecule has 1 N–H and O–H groups in total. The minimum absolute atomic E-state index is 0.311. The fraction of sp³-hybridized carbons (Fsp3) is 0.348. The lowest BCUT2D eigenvalue weighted by molar-refractivity contribution is -0.138. The van der Waals surface area contributed by atoms with Gasteiger partial charge >= 0.3 is 5.97 Å². The Morgan fingerprint density at radius 2 is 1.63 bits per heavy atom. The Kier molecular flexibility index (Phi) is 5.26. The molecule has 0 amide bonds. The first-order valence-corrected chi connectivity index (χ1v) is 9.71. The number of likely N-dealkylation sites (tertiary alicyclic amines) is 1. The maximum atomic E-state index is 10.9. The molecule has 0 saturated carbocycles. The molecule has 4 rings (SSSR count). The number of benzene rings is 2. The molecule has 2 aromatic carbocycles. The highest BCUT2D eigenvalue weighted by molar-refractivity contribution is 5.87. The van der Waals surface area contributed by atoms with Gasteiger partial charge in [-0.2, -0.15) is 0 Å². The van der Waals surface area contributed by atoms with Crippen LogP contribution in [0.4, 0.5) is 0 Å². The third-order valence-electron chi connectivity index (χ3n) is 5.54. The second-order valence-electron chi connectivity index (χ2n) is 7.38. The van der Waals surface area contributed by atoms with E-state index in [2.05, 4.69) is 35.2 Å². The first-order valence-electron chi connectivity index (χ1n) is 9.71. The summed E-state index contributed by atoms with van der Waals surface area (Å²) in [6.07, 6.45) is 5.58. The number of piperidine rings is 1. The summed E-state index contributed by atoms with van der Waals surface area (Å²) in [6, 6.07) is 16.4. The van der Waals surface area contributed by atoms with E-state index in [0.29, 0.717) is 12.3 Å². The lowest BCUT2D eigenvalue weighted by atomic mass is 9.92. The molecule has 0 aromatic heterocycles. The van der Waals surface area contributed by atoms with E-state index in [4.69, 9.17) is 9.84 Å². The second-order valence-corrected chi connectivity index (χ2v) is 7.38. The van der Waals surface area contributed by atoms with Crippen molar-refractivity contribution in [2.75, 3.05) is 19.6 Å². The van der Waals surface area contributed by atoms with Gasteiger partial charge in [-0.25, -0.2) is 0 Å². The number of carboxylic acids is 1. The van der Waals surface area contributed by atoms with Gasteiger partial charge in [0.05, 0.1) is 0 Å². The Morgan fingerprint density at radius 1 is 1.04 bits per heavy atom. The monoisotopic (exact) mass is 363 g/mol. The van der Waals surface area contributed by atoms with Crippen molar-refractivity contribution in [2.45, 2.75) is 25.7 Å². The van der Waals surface area contributed by atoms with Crippen LogP contribution in [0.3, 0.4) is 0 Å². The largest absolute Gasteiger partial charge is 0.481 e. The molecule has 0 radical (unpaired) electrons. The third kappa shape index (κ3) is 4.06. The van der Waals surface area contributed by atoms with Crippen molar-refractivity contribution >= 4 is 11.5 Å². The normalized spacial score (nSPS) is 17.0. The van der Waals surface area contributed by atoms with Crippen LogP contribution in [0.2, 0.25) is 0 Å². The Bertz CT molecular complexity index is 803. The van der Waals surface area contributed by atoms with Crippen LogP contribution in [-0.2, 0) is 4.79 Å². The predicted octanol–water partition coefficient (Wildman–Crippen LogP) is 4.80. The highest BCUT2D eigenvalue weighted by Crippen LogP contribution is 2.43. The van der Waals surface area contributed by atoms with Crippen LogP contribution >= 0.6 is 0 Å². The lowest BCUT2D eigenvalue weighted by Crippen LogP contribution is -2.34. The Labute approximate surface area is 160 Å². The number of carboxylic acid groups (broad SMARTS) is 1.